The van der Waals surface area contributed by atoms with Crippen LogP contribution < -0.4 is 11.1 Å². The summed E-state index contributed by atoms with van der Waals surface area (Å²) in [5.41, 5.74) is 8.13. The molecule has 0 saturated carbocycles. The number of hydrogen-bond donors (Lipinski definition) is 2. The SMILES string of the molecule is Cc1cc(C(=O)NC2CCSCC2)ccc1N. The molecule has 0 unspecified atom stereocenters. The van der Waals surface area contributed by atoms with Gasteiger partial charge in [-0.15, -0.1) is 0 Å². The Kier molecular flexibility index (Phi) is 3.94. The molecule has 0 atom stereocenters. The molecule has 1 amide bonds. The largest absolute Gasteiger partial charge is 0.399 e. The zero-order valence-electron chi connectivity index (χ0n) is 10.0. The highest BCUT2D eigenvalue weighted by Crippen LogP contribution is 2.18. The summed E-state index contributed by atoms with van der Waals surface area (Å²) < 4.78 is 0. The lowest BCUT2D eigenvalue weighted by Crippen LogP contribution is -2.37. The maximum atomic E-state index is 12.0. The van der Waals surface area contributed by atoms with E-state index in [1.54, 1.807) is 12.1 Å². The van der Waals surface area contributed by atoms with Crippen molar-refractivity contribution >= 4 is 23.4 Å². The van der Waals surface area contributed by atoms with Gasteiger partial charge in [0.1, 0.15) is 0 Å². The van der Waals surface area contributed by atoms with Crippen LogP contribution in [0.15, 0.2) is 18.2 Å². The maximum Gasteiger partial charge on any atom is 0.251 e. The summed E-state index contributed by atoms with van der Waals surface area (Å²) in [6, 6.07) is 5.76. The quantitative estimate of drug-likeness (QED) is 0.791. The highest BCUT2D eigenvalue weighted by molar-refractivity contribution is 7.99. The van der Waals surface area contributed by atoms with Gasteiger partial charge >= 0.3 is 0 Å². The molecule has 1 aliphatic heterocycles. The van der Waals surface area contributed by atoms with Gasteiger partial charge in [-0.2, -0.15) is 11.8 Å². The lowest BCUT2D eigenvalue weighted by Gasteiger charge is -2.22. The molecule has 4 heteroatoms. The van der Waals surface area contributed by atoms with Crippen molar-refractivity contribution in [3.05, 3.63) is 29.3 Å². The van der Waals surface area contributed by atoms with Crippen molar-refractivity contribution in [2.45, 2.75) is 25.8 Å². The monoisotopic (exact) mass is 250 g/mol. The number of anilines is 1. The van der Waals surface area contributed by atoms with Crippen LogP contribution in [0.4, 0.5) is 5.69 Å². The molecular weight excluding hydrogens is 232 g/mol. The minimum atomic E-state index is 0.0185. The smallest absolute Gasteiger partial charge is 0.251 e. The van der Waals surface area contributed by atoms with E-state index in [2.05, 4.69) is 5.32 Å². The van der Waals surface area contributed by atoms with Crippen molar-refractivity contribution in [2.75, 3.05) is 17.2 Å². The van der Waals surface area contributed by atoms with Crippen molar-refractivity contribution < 1.29 is 4.79 Å². The molecule has 1 aliphatic rings. The van der Waals surface area contributed by atoms with Gasteiger partial charge in [0.25, 0.3) is 5.91 Å². The predicted molar refractivity (Wildman–Crippen MR) is 73.4 cm³/mol. The Morgan fingerprint density at radius 3 is 2.76 bits per heavy atom. The highest BCUT2D eigenvalue weighted by Gasteiger charge is 2.16. The molecule has 1 heterocycles. The molecule has 0 aliphatic carbocycles. The number of nitrogens with two attached hydrogens (primary N) is 1. The molecule has 0 spiro atoms. The average molecular weight is 250 g/mol. The van der Waals surface area contributed by atoms with Crippen LogP contribution in [0.3, 0.4) is 0 Å². The van der Waals surface area contributed by atoms with Crippen LogP contribution in [0.5, 0.6) is 0 Å². The molecule has 1 fully saturated rings. The second-order valence-corrected chi connectivity index (χ2v) is 5.66. The number of rotatable bonds is 2. The van der Waals surface area contributed by atoms with Crippen LogP contribution in [0.2, 0.25) is 0 Å². The van der Waals surface area contributed by atoms with E-state index in [4.69, 9.17) is 5.73 Å². The highest BCUT2D eigenvalue weighted by atomic mass is 32.2. The number of amides is 1. The lowest BCUT2D eigenvalue weighted by atomic mass is 10.1. The topological polar surface area (TPSA) is 55.1 Å². The minimum absolute atomic E-state index is 0.0185. The van der Waals surface area contributed by atoms with Gasteiger partial charge in [-0.25, -0.2) is 0 Å². The van der Waals surface area contributed by atoms with Gasteiger partial charge in [0.15, 0.2) is 0 Å². The van der Waals surface area contributed by atoms with E-state index in [9.17, 15) is 4.79 Å². The molecule has 0 radical (unpaired) electrons. The van der Waals surface area contributed by atoms with Crippen LogP contribution >= 0.6 is 11.8 Å². The van der Waals surface area contributed by atoms with E-state index in [1.165, 1.54) is 0 Å². The summed E-state index contributed by atoms with van der Waals surface area (Å²) in [6.45, 7) is 1.92. The van der Waals surface area contributed by atoms with Crippen LogP contribution in [0, 0.1) is 6.92 Å². The zero-order chi connectivity index (χ0) is 12.3. The van der Waals surface area contributed by atoms with Crippen molar-refractivity contribution in [3.8, 4) is 0 Å². The fraction of sp³-hybridized carbons (Fsp3) is 0.462. The number of nitrogen functional groups attached to an aromatic ring is 1. The zero-order valence-corrected chi connectivity index (χ0v) is 10.8. The van der Waals surface area contributed by atoms with Gasteiger partial charge < -0.3 is 11.1 Å². The molecule has 3 N–H and O–H groups in total. The first kappa shape index (κ1) is 12.3. The predicted octanol–water partition coefficient (Wildman–Crippen LogP) is 2.20. The summed E-state index contributed by atoms with van der Waals surface area (Å²) in [6.07, 6.45) is 2.15. The van der Waals surface area contributed by atoms with Crippen LogP contribution in [-0.2, 0) is 0 Å². The Hall–Kier alpha value is -1.16. The van der Waals surface area contributed by atoms with E-state index in [1.807, 2.05) is 24.8 Å². The first-order chi connectivity index (χ1) is 8.16. The number of nitrogens with one attached hydrogen (secondary N) is 1. The van der Waals surface area contributed by atoms with Gasteiger partial charge in [0.2, 0.25) is 0 Å². The molecule has 1 aromatic rings. The molecule has 0 aromatic heterocycles. The number of thioether (sulfide) groups is 1. The molecule has 2 rings (SSSR count). The van der Waals surface area contributed by atoms with Gasteiger partial charge in [0.05, 0.1) is 0 Å². The minimum Gasteiger partial charge on any atom is -0.399 e. The molecular formula is C13H18N2OS. The third-order valence-corrected chi connectivity index (χ3v) is 4.14. The lowest BCUT2D eigenvalue weighted by molar-refractivity contribution is 0.0935. The van der Waals surface area contributed by atoms with Crippen molar-refractivity contribution in [1.82, 2.24) is 5.32 Å². The summed E-state index contributed by atoms with van der Waals surface area (Å²) in [4.78, 5) is 12.0. The Morgan fingerprint density at radius 1 is 1.41 bits per heavy atom. The molecule has 1 saturated heterocycles. The van der Waals surface area contributed by atoms with Crippen LogP contribution in [-0.4, -0.2) is 23.5 Å². The van der Waals surface area contributed by atoms with E-state index in [0.29, 0.717) is 11.6 Å². The van der Waals surface area contributed by atoms with E-state index >= 15 is 0 Å². The van der Waals surface area contributed by atoms with Gasteiger partial charge in [-0.1, -0.05) is 0 Å². The standard InChI is InChI=1S/C13H18N2OS/c1-9-8-10(2-3-12(9)14)13(16)15-11-4-6-17-7-5-11/h2-3,8,11H,4-7,14H2,1H3,(H,15,16). The van der Waals surface area contributed by atoms with Crippen molar-refractivity contribution in [2.24, 2.45) is 0 Å². The van der Waals surface area contributed by atoms with Crippen LogP contribution in [0.25, 0.3) is 0 Å². The van der Waals surface area contributed by atoms with Gasteiger partial charge in [0, 0.05) is 17.3 Å². The van der Waals surface area contributed by atoms with Gasteiger partial charge in [-0.3, -0.25) is 4.79 Å². The third kappa shape index (κ3) is 3.16. The summed E-state index contributed by atoms with van der Waals surface area (Å²) in [7, 11) is 0. The number of aryl methyl sites for hydroxylation is 1. The number of benzene rings is 1. The van der Waals surface area contributed by atoms with Crippen LogP contribution in [0.1, 0.15) is 28.8 Å². The fourth-order valence-electron chi connectivity index (χ4n) is 1.93. The Morgan fingerprint density at radius 2 is 2.12 bits per heavy atom. The Bertz CT molecular complexity index is 414. The molecule has 3 nitrogen and oxygen atoms in total. The van der Waals surface area contributed by atoms with E-state index < -0.39 is 0 Å². The van der Waals surface area contributed by atoms with Gasteiger partial charge in [-0.05, 0) is 55.0 Å². The Labute approximate surface area is 106 Å². The molecule has 92 valence electrons. The number of hydrogen-bond acceptors (Lipinski definition) is 3. The molecule has 0 bridgehead atoms. The Balaban J connectivity index is 2.01. The normalized spacial score (nSPS) is 16.8. The van der Waals surface area contributed by atoms with Crippen molar-refractivity contribution in [3.63, 3.8) is 0 Å². The first-order valence-electron chi connectivity index (χ1n) is 5.91. The first-order valence-corrected chi connectivity index (χ1v) is 7.07. The average Bonchev–Trinajstić information content (AvgIpc) is 2.34. The summed E-state index contributed by atoms with van der Waals surface area (Å²) >= 11 is 1.96. The third-order valence-electron chi connectivity index (χ3n) is 3.09. The summed E-state index contributed by atoms with van der Waals surface area (Å²) in [5.74, 6) is 2.31. The number of carbonyl (C=O) groups is 1. The van der Waals surface area contributed by atoms with E-state index in [-0.39, 0.29) is 5.91 Å². The number of carbonyl (C=O) groups excluding carboxylic acids is 1. The van der Waals surface area contributed by atoms with Crippen molar-refractivity contribution in [1.29, 1.82) is 0 Å². The fourth-order valence-corrected chi connectivity index (χ4v) is 3.03. The summed E-state index contributed by atoms with van der Waals surface area (Å²) in [5, 5.41) is 3.09. The maximum absolute atomic E-state index is 12.0. The molecule has 17 heavy (non-hydrogen) atoms. The molecule has 1 aromatic carbocycles. The van der Waals surface area contributed by atoms with E-state index in [0.717, 1.165) is 35.6 Å². The second kappa shape index (κ2) is 5.45. The second-order valence-electron chi connectivity index (χ2n) is 4.43.